The normalized spacial score (nSPS) is 20.8. The van der Waals surface area contributed by atoms with E-state index in [4.69, 9.17) is 9.47 Å². The van der Waals surface area contributed by atoms with Crippen molar-refractivity contribution in [2.45, 2.75) is 76.0 Å². The van der Waals surface area contributed by atoms with Gasteiger partial charge < -0.3 is 9.47 Å². The Morgan fingerprint density at radius 2 is 1.00 bits per heavy atom. The molecule has 2 heteroatoms. The number of hydrogen-bond donors (Lipinski definition) is 0. The van der Waals surface area contributed by atoms with Crippen LogP contribution in [0.3, 0.4) is 0 Å². The molecule has 0 unspecified atom stereocenters. The van der Waals surface area contributed by atoms with Crippen molar-refractivity contribution in [3.05, 3.63) is 23.3 Å². The van der Waals surface area contributed by atoms with Gasteiger partial charge in [-0.2, -0.15) is 0 Å². The molecule has 0 heterocycles. The summed E-state index contributed by atoms with van der Waals surface area (Å²) in [4.78, 5) is 0. The molecule has 3 rings (SSSR count). The highest BCUT2D eigenvalue weighted by Crippen LogP contribution is 2.44. The van der Waals surface area contributed by atoms with Crippen LogP contribution in [0.4, 0.5) is 0 Å². The van der Waals surface area contributed by atoms with Crippen molar-refractivity contribution in [3.8, 4) is 11.5 Å². The van der Waals surface area contributed by atoms with Crippen LogP contribution in [0.5, 0.6) is 11.5 Å². The van der Waals surface area contributed by atoms with E-state index in [1.165, 1.54) is 75.3 Å². The Hall–Kier alpha value is -1.18. The highest BCUT2D eigenvalue weighted by Gasteiger charge is 2.25. The summed E-state index contributed by atoms with van der Waals surface area (Å²) >= 11 is 0. The molecule has 0 radical (unpaired) electrons. The number of methoxy groups -OCH3 is 2. The fraction of sp³-hybridized carbons (Fsp3) is 0.700. The Balaban J connectivity index is 1.94. The first-order valence-electron chi connectivity index (χ1n) is 9.09. The van der Waals surface area contributed by atoms with Gasteiger partial charge in [0.25, 0.3) is 0 Å². The fourth-order valence-electron chi connectivity index (χ4n) is 4.41. The second-order valence-corrected chi connectivity index (χ2v) is 7.01. The van der Waals surface area contributed by atoms with Crippen LogP contribution in [-0.4, -0.2) is 14.2 Å². The zero-order valence-corrected chi connectivity index (χ0v) is 14.2. The molecule has 0 saturated heterocycles. The van der Waals surface area contributed by atoms with Crippen LogP contribution in [0.2, 0.25) is 0 Å². The van der Waals surface area contributed by atoms with Crippen LogP contribution >= 0.6 is 0 Å². The summed E-state index contributed by atoms with van der Waals surface area (Å²) in [5.41, 5.74) is 2.75. The molecule has 2 saturated carbocycles. The van der Waals surface area contributed by atoms with E-state index < -0.39 is 0 Å². The molecule has 0 spiro atoms. The van der Waals surface area contributed by atoms with Crippen LogP contribution in [0, 0.1) is 0 Å². The molecular weight excluding hydrogens is 272 g/mol. The maximum Gasteiger partial charge on any atom is 0.122 e. The predicted molar refractivity (Wildman–Crippen MR) is 91.2 cm³/mol. The van der Waals surface area contributed by atoms with Gasteiger partial charge in [-0.3, -0.25) is 0 Å². The quantitative estimate of drug-likeness (QED) is 0.700. The first-order valence-corrected chi connectivity index (χ1v) is 9.09. The fourth-order valence-corrected chi connectivity index (χ4v) is 4.41. The summed E-state index contributed by atoms with van der Waals surface area (Å²) in [6.07, 6.45) is 13.3. The van der Waals surface area contributed by atoms with Crippen LogP contribution < -0.4 is 9.47 Å². The number of rotatable bonds is 4. The monoisotopic (exact) mass is 302 g/mol. The molecule has 2 nitrogen and oxygen atoms in total. The number of hydrogen-bond acceptors (Lipinski definition) is 2. The van der Waals surface area contributed by atoms with E-state index >= 15 is 0 Å². The zero-order valence-electron chi connectivity index (χ0n) is 14.2. The summed E-state index contributed by atoms with van der Waals surface area (Å²) < 4.78 is 11.5. The lowest BCUT2D eigenvalue weighted by Crippen LogP contribution is -2.10. The SMILES string of the molecule is COc1cc(C2CCCCC2)c(OC)cc1C1CCCCC1. The van der Waals surface area contributed by atoms with Gasteiger partial charge in [-0.25, -0.2) is 0 Å². The maximum atomic E-state index is 5.77. The van der Waals surface area contributed by atoms with Crippen molar-refractivity contribution >= 4 is 0 Å². The van der Waals surface area contributed by atoms with E-state index in [2.05, 4.69) is 12.1 Å². The third kappa shape index (κ3) is 3.26. The van der Waals surface area contributed by atoms with Crippen molar-refractivity contribution in [1.29, 1.82) is 0 Å². The topological polar surface area (TPSA) is 18.5 Å². The molecule has 0 aromatic heterocycles. The van der Waals surface area contributed by atoms with E-state index in [1.807, 2.05) is 14.2 Å². The lowest BCUT2D eigenvalue weighted by molar-refractivity contribution is 0.367. The Labute approximate surface area is 135 Å². The lowest BCUT2D eigenvalue weighted by atomic mass is 9.80. The van der Waals surface area contributed by atoms with Crippen LogP contribution in [0.1, 0.15) is 87.2 Å². The molecule has 22 heavy (non-hydrogen) atoms. The second kappa shape index (κ2) is 7.39. The molecule has 0 N–H and O–H groups in total. The average Bonchev–Trinajstić information content (AvgIpc) is 2.62. The molecule has 1 aromatic rings. The van der Waals surface area contributed by atoms with Gasteiger partial charge in [0.05, 0.1) is 14.2 Å². The minimum absolute atomic E-state index is 0.651. The molecule has 0 atom stereocenters. The largest absolute Gasteiger partial charge is 0.496 e. The van der Waals surface area contributed by atoms with Gasteiger partial charge >= 0.3 is 0 Å². The first-order chi connectivity index (χ1) is 10.8. The summed E-state index contributed by atoms with van der Waals surface area (Å²) in [5, 5.41) is 0. The second-order valence-electron chi connectivity index (χ2n) is 7.01. The molecule has 2 fully saturated rings. The van der Waals surface area contributed by atoms with Crippen molar-refractivity contribution < 1.29 is 9.47 Å². The van der Waals surface area contributed by atoms with E-state index in [0.29, 0.717) is 11.8 Å². The van der Waals surface area contributed by atoms with Gasteiger partial charge in [-0.05, 0) is 49.7 Å². The Kier molecular flexibility index (Phi) is 5.28. The minimum atomic E-state index is 0.651. The Bertz CT molecular complexity index is 437. The molecule has 2 aliphatic rings. The summed E-state index contributed by atoms with van der Waals surface area (Å²) in [7, 11) is 3.64. The summed E-state index contributed by atoms with van der Waals surface area (Å²) in [6.45, 7) is 0. The van der Waals surface area contributed by atoms with Gasteiger partial charge in [0.2, 0.25) is 0 Å². The average molecular weight is 302 g/mol. The number of benzene rings is 1. The van der Waals surface area contributed by atoms with Gasteiger partial charge in [0.15, 0.2) is 0 Å². The van der Waals surface area contributed by atoms with E-state index in [9.17, 15) is 0 Å². The molecule has 122 valence electrons. The molecule has 1 aromatic carbocycles. The van der Waals surface area contributed by atoms with Gasteiger partial charge in [-0.15, -0.1) is 0 Å². The van der Waals surface area contributed by atoms with E-state index in [-0.39, 0.29) is 0 Å². The van der Waals surface area contributed by atoms with Gasteiger partial charge in [-0.1, -0.05) is 38.5 Å². The number of ether oxygens (including phenoxy) is 2. The molecule has 0 aliphatic heterocycles. The van der Waals surface area contributed by atoms with Crippen LogP contribution in [-0.2, 0) is 0 Å². The summed E-state index contributed by atoms with van der Waals surface area (Å²) in [5.74, 6) is 3.48. The standard InChI is InChI=1S/C20H30O2/c1-21-19-13-18(16-11-7-4-8-12-16)20(22-2)14-17(19)15-9-5-3-6-10-15/h13-16H,3-12H2,1-2H3. The van der Waals surface area contributed by atoms with Crippen molar-refractivity contribution in [2.24, 2.45) is 0 Å². The third-order valence-corrected chi connectivity index (χ3v) is 5.67. The molecule has 0 bridgehead atoms. The molecule has 0 amide bonds. The Morgan fingerprint density at radius 1 is 0.636 bits per heavy atom. The van der Waals surface area contributed by atoms with Gasteiger partial charge in [0, 0.05) is 11.1 Å². The smallest absolute Gasteiger partial charge is 0.122 e. The van der Waals surface area contributed by atoms with Crippen LogP contribution in [0.25, 0.3) is 0 Å². The van der Waals surface area contributed by atoms with Crippen molar-refractivity contribution in [1.82, 2.24) is 0 Å². The van der Waals surface area contributed by atoms with E-state index in [1.54, 1.807) is 0 Å². The van der Waals surface area contributed by atoms with Crippen LogP contribution in [0.15, 0.2) is 12.1 Å². The highest BCUT2D eigenvalue weighted by molar-refractivity contribution is 5.49. The highest BCUT2D eigenvalue weighted by atomic mass is 16.5. The molecular formula is C20H30O2. The zero-order chi connectivity index (χ0) is 15.4. The van der Waals surface area contributed by atoms with Gasteiger partial charge in [0.1, 0.15) is 11.5 Å². The first kappa shape index (κ1) is 15.7. The minimum Gasteiger partial charge on any atom is -0.496 e. The van der Waals surface area contributed by atoms with E-state index in [0.717, 1.165) is 11.5 Å². The maximum absolute atomic E-state index is 5.77. The summed E-state index contributed by atoms with van der Waals surface area (Å²) in [6, 6.07) is 4.58. The van der Waals surface area contributed by atoms with Crippen molar-refractivity contribution in [2.75, 3.05) is 14.2 Å². The Morgan fingerprint density at radius 3 is 1.32 bits per heavy atom. The predicted octanol–water partition coefficient (Wildman–Crippen LogP) is 5.80. The third-order valence-electron chi connectivity index (χ3n) is 5.67. The van der Waals surface area contributed by atoms with Crippen molar-refractivity contribution in [3.63, 3.8) is 0 Å². The lowest BCUT2D eigenvalue weighted by Gasteiger charge is -2.28. The molecule has 2 aliphatic carbocycles.